The Morgan fingerprint density at radius 1 is 0.897 bits per heavy atom. The van der Waals surface area contributed by atoms with Gasteiger partial charge >= 0.3 is 0 Å². The third-order valence-corrected chi connectivity index (χ3v) is 4.03. The van der Waals surface area contributed by atoms with E-state index in [4.69, 9.17) is 4.74 Å². The molecule has 0 aromatic heterocycles. The lowest BCUT2D eigenvalue weighted by Crippen LogP contribution is -2.47. The Kier molecular flexibility index (Phi) is 7.99. The van der Waals surface area contributed by atoms with E-state index in [2.05, 4.69) is 10.6 Å². The molecule has 0 aliphatic rings. The Morgan fingerprint density at radius 2 is 1.38 bits per heavy atom. The molecule has 29 heavy (non-hydrogen) atoms. The standard InChI is InChI=1S/C21H26N2O6/c1-13(2)29-19(12-23-21(28)15-6-4-8-17(25)10-15)18(26)11-22-20(27)14-5-3-7-16(24)9-14/h3-10,13,18-19,24-26H,11-12H2,1-2H3,(H,22,27)(H,23,28)/t18-,19+/m0/s1. The smallest absolute Gasteiger partial charge is 0.251 e. The van der Waals surface area contributed by atoms with Crippen molar-refractivity contribution < 1.29 is 29.6 Å². The molecule has 0 aliphatic carbocycles. The van der Waals surface area contributed by atoms with Gasteiger partial charge in [-0.2, -0.15) is 0 Å². The Morgan fingerprint density at radius 3 is 1.83 bits per heavy atom. The molecule has 0 fully saturated rings. The van der Waals surface area contributed by atoms with Crippen molar-refractivity contribution in [1.29, 1.82) is 0 Å². The number of rotatable bonds is 9. The van der Waals surface area contributed by atoms with Crippen molar-refractivity contribution in [2.75, 3.05) is 13.1 Å². The Labute approximate surface area is 169 Å². The average molecular weight is 402 g/mol. The number of aromatic hydroxyl groups is 2. The summed E-state index contributed by atoms with van der Waals surface area (Å²) in [6.45, 7) is 3.49. The predicted octanol–water partition coefficient (Wildman–Crippen LogP) is 1.41. The van der Waals surface area contributed by atoms with Crippen molar-refractivity contribution in [3.8, 4) is 11.5 Å². The van der Waals surface area contributed by atoms with Crippen LogP contribution in [0.3, 0.4) is 0 Å². The van der Waals surface area contributed by atoms with E-state index in [1.807, 2.05) is 0 Å². The van der Waals surface area contributed by atoms with E-state index in [9.17, 15) is 24.9 Å². The van der Waals surface area contributed by atoms with Crippen LogP contribution in [-0.4, -0.2) is 58.5 Å². The molecule has 0 saturated heterocycles. The minimum atomic E-state index is -1.08. The molecule has 0 heterocycles. The highest BCUT2D eigenvalue weighted by Gasteiger charge is 2.23. The summed E-state index contributed by atoms with van der Waals surface area (Å²) in [6.07, 6.45) is -2.06. The number of nitrogens with one attached hydrogen (secondary N) is 2. The highest BCUT2D eigenvalue weighted by atomic mass is 16.5. The topological polar surface area (TPSA) is 128 Å². The molecule has 0 unspecified atom stereocenters. The fourth-order valence-electron chi connectivity index (χ4n) is 2.64. The summed E-state index contributed by atoms with van der Waals surface area (Å²) in [5, 5.41) is 34.6. The number of aliphatic hydroxyl groups excluding tert-OH is 1. The van der Waals surface area contributed by atoms with Crippen LogP contribution in [0, 0.1) is 0 Å². The molecule has 2 amide bonds. The maximum absolute atomic E-state index is 12.2. The summed E-state index contributed by atoms with van der Waals surface area (Å²) >= 11 is 0. The predicted molar refractivity (Wildman–Crippen MR) is 107 cm³/mol. The zero-order valence-corrected chi connectivity index (χ0v) is 16.3. The van der Waals surface area contributed by atoms with E-state index in [0.29, 0.717) is 0 Å². The summed E-state index contributed by atoms with van der Waals surface area (Å²) < 4.78 is 5.67. The molecule has 2 aromatic rings. The zero-order valence-electron chi connectivity index (χ0n) is 16.3. The Balaban J connectivity index is 1.93. The van der Waals surface area contributed by atoms with E-state index in [1.54, 1.807) is 38.1 Å². The molecule has 2 rings (SSSR count). The first-order valence-electron chi connectivity index (χ1n) is 9.24. The average Bonchev–Trinajstić information content (AvgIpc) is 2.68. The first-order valence-corrected chi connectivity index (χ1v) is 9.24. The Bertz CT molecular complexity index is 839. The minimum Gasteiger partial charge on any atom is -0.508 e. The molecule has 156 valence electrons. The van der Waals surface area contributed by atoms with Crippen LogP contribution in [-0.2, 0) is 4.74 Å². The second-order valence-corrected chi connectivity index (χ2v) is 6.81. The number of hydrogen-bond acceptors (Lipinski definition) is 6. The maximum atomic E-state index is 12.2. The number of phenols is 2. The minimum absolute atomic E-state index is 0.00975. The number of amides is 2. The second-order valence-electron chi connectivity index (χ2n) is 6.81. The van der Waals surface area contributed by atoms with Crippen molar-refractivity contribution in [2.24, 2.45) is 0 Å². The third kappa shape index (κ3) is 7.10. The van der Waals surface area contributed by atoms with Crippen molar-refractivity contribution in [1.82, 2.24) is 10.6 Å². The lowest BCUT2D eigenvalue weighted by Gasteiger charge is -2.26. The van der Waals surface area contributed by atoms with E-state index >= 15 is 0 Å². The maximum Gasteiger partial charge on any atom is 0.251 e. The molecule has 2 aromatic carbocycles. The van der Waals surface area contributed by atoms with Gasteiger partial charge in [-0.05, 0) is 50.2 Å². The zero-order chi connectivity index (χ0) is 21.4. The van der Waals surface area contributed by atoms with Gasteiger partial charge in [-0.15, -0.1) is 0 Å². The van der Waals surface area contributed by atoms with Gasteiger partial charge in [0.25, 0.3) is 11.8 Å². The van der Waals surface area contributed by atoms with Gasteiger partial charge in [-0.1, -0.05) is 12.1 Å². The highest BCUT2D eigenvalue weighted by molar-refractivity contribution is 5.95. The second kappa shape index (κ2) is 10.4. The van der Waals surface area contributed by atoms with Gasteiger partial charge in [0.05, 0.1) is 12.2 Å². The Hall–Kier alpha value is -3.10. The van der Waals surface area contributed by atoms with Crippen LogP contribution in [0.5, 0.6) is 11.5 Å². The van der Waals surface area contributed by atoms with Crippen LogP contribution in [0.15, 0.2) is 48.5 Å². The summed E-state index contributed by atoms with van der Waals surface area (Å²) in [6, 6.07) is 11.8. The van der Waals surface area contributed by atoms with Crippen molar-refractivity contribution in [2.45, 2.75) is 32.2 Å². The van der Waals surface area contributed by atoms with E-state index < -0.39 is 24.0 Å². The number of aliphatic hydroxyl groups is 1. The van der Waals surface area contributed by atoms with Crippen LogP contribution in [0.1, 0.15) is 34.6 Å². The van der Waals surface area contributed by atoms with E-state index in [0.717, 1.165) is 0 Å². The number of carbonyl (C=O) groups excluding carboxylic acids is 2. The lowest BCUT2D eigenvalue weighted by atomic mass is 10.1. The fourth-order valence-corrected chi connectivity index (χ4v) is 2.64. The van der Waals surface area contributed by atoms with Gasteiger partial charge in [-0.25, -0.2) is 0 Å². The van der Waals surface area contributed by atoms with Crippen LogP contribution in [0.25, 0.3) is 0 Å². The van der Waals surface area contributed by atoms with Gasteiger partial charge < -0.3 is 30.7 Å². The molecule has 0 radical (unpaired) electrons. The monoisotopic (exact) mass is 402 g/mol. The summed E-state index contributed by atoms with van der Waals surface area (Å²) in [4.78, 5) is 24.4. The molecule has 0 bridgehead atoms. The summed E-state index contributed by atoms with van der Waals surface area (Å²) in [5.74, 6) is -0.933. The molecule has 8 heteroatoms. The molecule has 0 spiro atoms. The quantitative estimate of drug-likeness (QED) is 0.431. The lowest BCUT2D eigenvalue weighted by molar-refractivity contribution is -0.0606. The largest absolute Gasteiger partial charge is 0.508 e. The fraction of sp³-hybridized carbons (Fsp3) is 0.333. The third-order valence-electron chi connectivity index (χ3n) is 4.03. The molecule has 0 saturated carbocycles. The number of ether oxygens (including phenoxy) is 1. The normalized spacial score (nSPS) is 13.0. The van der Waals surface area contributed by atoms with Crippen LogP contribution < -0.4 is 10.6 Å². The molecular weight excluding hydrogens is 376 g/mol. The van der Waals surface area contributed by atoms with Gasteiger partial charge in [0.2, 0.25) is 0 Å². The van der Waals surface area contributed by atoms with Gasteiger partial charge in [0.15, 0.2) is 0 Å². The molecule has 2 atom stereocenters. The number of phenolic OH excluding ortho intramolecular Hbond substituents is 2. The van der Waals surface area contributed by atoms with Gasteiger partial charge in [-0.3, -0.25) is 9.59 Å². The van der Waals surface area contributed by atoms with Gasteiger partial charge in [0, 0.05) is 24.2 Å². The molecule has 8 nitrogen and oxygen atoms in total. The van der Waals surface area contributed by atoms with Gasteiger partial charge in [0.1, 0.15) is 17.6 Å². The number of benzene rings is 2. The summed E-state index contributed by atoms with van der Waals surface area (Å²) in [7, 11) is 0. The van der Waals surface area contributed by atoms with Crippen LogP contribution in [0.4, 0.5) is 0 Å². The first kappa shape index (κ1) is 22.2. The highest BCUT2D eigenvalue weighted by Crippen LogP contribution is 2.12. The molecular formula is C21H26N2O6. The van der Waals surface area contributed by atoms with Crippen molar-refractivity contribution in [3.05, 3.63) is 59.7 Å². The molecule has 0 aliphatic heterocycles. The van der Waals surface area contributed by atoms with Crippen molar-refractivity contribution >= 4 is 11.8 Å². The number of carbonyl (C=O) groups is 2. The number of hydrogen-bond donors (Lipinski definition) is 5. The first-order chi connectivity index (χ1) is 13.8. The van der Waals surface area contributed by atoms with E-state index in [1.165, 1.54) is 24.3 Å². The SMILES string of the molecule is CC(C)O[C@H](CNC(=O)c1cccc(O)c1)[C@@H](O)CNC(=O)c1cccc(O)c1. The van der Waals surface area contributed by atoms with Crippen LogP contribution >= 0.6 is 0 Å². The molecule has 5 N–H and O–H groups in total. The van der Waals surface area contributed by atoms with Crippen molar-refractivity contribution in [3.63, 3.8) is 0 Å². The van der Waals surface area contributed by atoms with Crippen LogP contribution in [0.2, 0.25) is 0 Å². The summed E-state index contributed by atoms with van der Waals surface area (Å²) in [5.41, 5.74) is 0.538. The van der Waals surface area contributed by atoms with E-state index in [-0.39, 0.29) is 41.8 Å².